The number of anilines is 1. The number of amides is 2. The highest BCUT2D eigenvalue weighted by molar-refractivity contribution is 5.89. The van der Waals surface area contributed by atoms with Gasteiger partial charge in [0.05, 0.1) is 6.54 Å². The summed E-state index contributed by atoms with van der Waals surface area (Å²) in [6.07, 6.45) is 0. The molecule has 0 atom stereocenters. The molecule has 4 aromatic carbocycles. The van der Waals surface area contributed by atoms with Crippen LogP contribution in [0.5, 0.6) is 11.5 Å². The first kappa shape index (κ1) is 25.3. The molecule has 0 aliphatic heterocycles. The predicted molar refractivity (Wildman–Crippen MR) is 148 cm³/mol. The van der Waals surface area contributed by atoms with Crippen LogP contribution in [-0.2, 0) is 19.6 Å². The molecule has 0 bridgehead atoms. The molecule has 4 aromatic rings. The standard InChI is InChI=1S/C30H31N5O2/c1-22-7-9-24(10-8-22)20-35(21-25-13-11-23(12-14-25)19-33-29(31)32)30(36)34-26-15-17-28(18-16-26)37-27-5-3-2-4-6-27/h2-18H,19-21H2,1H3,(H,34,36)(H4,31,32,33). The van der Waals surface area contributed by atoms with Crippen molar-refractivity contribution in [1.82, 2.24) is 4.90 Å². The van der Waals surface area contributed by atoms with Gasteiger partial charge in [0.15, 0.2) is 5.96 Å². The Hall–Kier alpha value is -4.78. The Kier molecular flexibility index (Phi) is 8.39. The van der Waals surface area contributed by atoms with E-state index in [9.17, 15) is 4.79 Å². The second-order valence-electron chi connectivity index (χ2n) is 8.77. The highest BCUT2D eigenvalue weighted by Crippen LogP contribution is 2.23. The number of nitrogens with zero attached hydrogens (tertiary/aromatic N) is 2. The van der Waals surface area contributed by atoms with E-state index in [1.165, 1.54) is 5.56 Å². The van der Waals surface area contributed by atoms with Gasteiger partial charge >= 0.3 is 6.03 Å². The van der Waals surface area contributed by atoms with Crippen molar-refractivity contribution < 1.29 is 9.53 Å². The molecule has 0 saturated carbocycles. The van der Waals surface area contributed by atoms with Crippen molar-refractivity contribution in [3.05, 3.63) is 125 Å². The maximum Gasteiger partial charge on any atom is 0.322 e. The fourth-order valence-corrected chi connectivity index (χ4v) is 3.70. The van der Waals surface area contributed by atoms with E-state index in [-0.39, 0.29) is 12.0 Å². The Balaban J connectivity index is 1.45. The van der Waals surface area contributed by atoms with Crippen molar-refractivity contribution in [2.45, 2.75) is 26.6 Å². The molecule has 0 radical (unpaired) electrons. The lowest BCUT2D eigenvalue weighted by atomic mass is 10.1. The molecule has 0 unspecified atom stereocenters. The Morgan fingerprint density at radius 2 is 1.30 bits per heavy atom. The lowest BCUT2D eigenvalue weighted by molar-refractivity contribution is 0.206. The van der Waals surface area contributed by atoms with Gasteiger partial charge in [0, 0.05) is 18.8 Å². The molecule has 0 saturated heterocycles. The molecule has 0 aromatic heterocycles. The number of guanidine groups is 1. The van der Waals surface area contributed by atoms with E-state index in [0.717, 1.165) is 22.4 Å². The Labute approximate surface area is 217 Å². The summed E-state index contributed by atoms with van der Waals surface area (Å²) in [6.45, 7) is 3.37. The number of hydrogen-bond acceptors (Lipinski definition) is 3. The fraction of sp³-hybridized carbons (Fsp3) is 0.133. The third kappa shape index (κ3) is 7.86. The number of carbonyl (C=O) groups is 1. The molecule has 0 heterocycles. The number of carbonyl (C=O) groups excluding carboxylic acids is 1. The first-order valence-electron chi connectivity index (χ1n) is 12.0. The number of rotatable bonds is 9. The summed E-state index contributed by atoms with van der Waals surface area (Å²) < 4.78 is 5.85. The van der Waals surface area contributed by atoms with Crippen molar-refractivity contribution in [1.29, 1.82) is 0 Å². The number of aliphatic imine (C=N–C) groups is 1. The topological polar surface area (TPSA) is 106 Å². The predicted octanol–water partition coefficient (Wildman–Crippen LogP) is 5.80. The van der Waals surface area contributed by atoms with E-state index in [0.29, 0.717) is 31.1 Å². The van der Waals surface area contributed by atoms with Crippen LogP contribution in [0.3, 0.4) is 0 Å². The summed E-state index contributed by atoms with van der Waals surface area (Å²) in [7, 11) is 0. The van der Waals surface area contributed by atoms with Crippen LogP contribution in [0.4, 0.5) is 10.5 Å². The van der Waals surface area contributed by atoms with E-state index in [1.54, 1.807) is 4.90 Å². The lowest BCUT2D eigenvalue weighted by Crippen LogP contribution is -2.34. The number of nitrogens with two attached hydrogens (primary N) is 2. The number of urea groups is 1. The molecule has 0 aliphatic rings. The highest BCUT2D eigenvalue weighted by atomic mass is 16.5. The third-order valence-electron chi connectivity index (χ3n) is 5.71. The van der Waals surface area contributed by atoms with E-state index in [1.807, 2.05) is 97.9 Å². The minimum Gasteiger partial charge on any atom is -0.457 e. The monoisotopic (exact) mass is 493 g/mol. The van der Waals surface area contributed by atoms with Crippen molar-refractivity contribution in [2.75, 3.05) is 5.32 Å². The van der Waals surface area contributed by atoms with Gasteiger partial charge in [0.1, 0.15) is 11.5 Å². The largest absolute Gasteiger partial charge is 0.457 e. The molecule has 0 fully saturated rings. The molecule has 188 valence electrons. The summed E-state index contributed by atoms with van der Waals surface area (Å²) in [6, 6.07) is 32.8. The zero-order valence-corrected chi connectivity index (χ0v) is 20.8. The zero-order chi connectivity index (χ0) is 26.0. The maximum absolute atomic E-state index is 13.3. The summed E-state index contributed by atoms with van der Waals surface area (Å²) >= 11 is 0. The zero-order valence-electron chi connectivity index (χ0n) is 20.8. The van der Waals surface area contributed by atoms with Gasteiger partial charge in [-0.25, -0.2) is 9.79 Å². The van der Waals surface area contributed by atoms with Gasteiger partial charge in [-0.1, -0.05) is 72.3 Å². The first-order valence-corrected chi connectivity index (χ1v) is 12.0. The summed E-state index contributed by atoms with van der Waals surface area (Å²) in [5.41, 5.74) is 15.8. The molecule has 7 nitrogen and oxygen atoms in total. The van der Waals surface area contributed by atoms with E-state index < -0.39 is 0 Å². The van der Waals surface area contributed by atoms with Crippen LogP contribution in [0.1, 0.15) is 22.3 Å². The number of ether oxygens (including phenoxy) is 1. The number of para-hydroxylation sites is 1. The van der Waals surface area contributed by atoms with Gasteiger partial charge in [-0.2, -0.15) is 0 Å². The highest BCUT2D eigenvalue weighted by Gasteiger charge is 2.15. The molecule has 2 amide bonds. The van der Waals surface area contributed by atoms with Crippen LogP contribution in [0.2, 0.25) is 0 Å². The van der Waals surface area contributed by atoms with Crippen LogP contribution < -0.4 is 21.5 Å². The van der Waals surface area contributed by atoms with Crippen molar-refractivity contribution >= 4 is 17.7 Å². The van der Waals surface area contributed by atoms with Crippen LogP contribution in [-0.4, -0.2) is 16.9 Å². The summed E-state index contributed by atoms with van der Waals surface area (Å²) in [5, 5.41) is 3.02. The molecule has 7 heteroatoms. The quantitative estimate of drug-likeness (QED) is 0.202. The Bertz CT molecular complexity index is 1320. The van der Waals surface area contributed by atoms with Crippen LogP contribution >= 0.6 is 0 Å². The third-order valence-corrected chi connectivity index (χ3v) is 5.71. The molecular formula is C30H31N5O2. The van der Waals surface area contributed by atoms with Crippen molar-refractivity contribution in [3.8, 4) is 11.5 Å². The number of aryl methyl sites for hydroxylation is 1. The first-order chi connectivity index (χ1) is 17.9. The lowest BCUT2D eigenvalue weighted by Gasteiger charge is -2.24. The van der Waals surface area contributed by atoms with Crippen LogP contribution in [0.25, 0.3) is 0 Å². The van der Waals surface area contributed by atoms with E-state index >= 15 is 0 Å². The minimum absolute atomic E-state index is 0.0599. The molecular weight excluding hydrogens is 462 g/mol. The molecule has 37 heavy (non-hydrogen) atoms. The smallest absolute Gasteiger partial charge is 0.322 e. The average Bonchev–Trinajstić information content (AvgIpc) is 2.91. The van der Waals surface area contributed by atoms with Gasteiger partial charge in [0.25, 0.3) is 0 Å². The Morgan fingerprint density at radius 1 is 0.757 bits per heavy atom. The average molecular weight is 494 g/mol. The second kappa shape index (κ2) is 12.3. The maximum atomic E-state index is 13.3. The SMILES string of the molecule is Cc1ccc(CN(Cc2ccc(CN=C(N)N)cc2)C(=O)Nc2ccc(Oc3ccccc3)cc2)cc1. The number of nitrogens with one attached hydrogen (secondary N) is 1. The van der Waals surface area contributed by atoms with E-state index in [4.69, 9.17) is 16.2 Å². The molecule has 0 aliphatic carbocycles. The van der Waals surface area contributed by atoms with E-state index in [2.05, 4.69) is 22.4 Å². The van der Waals surface area contributed by atoms with Gasteiger partial charge in [-0.3, -0.25) is 0 Å². The number of hydrogen-bond donors (Lipinski definition) is 3. The minimum atomic E-state index is -0.193. The summed E-state index contributed by atoms with van der Waals surface area (Å²) in [4.78, 5) is 19.2. The molecule has 5 N–H and O–H groups in total. The normalized spacial score (nSPS) is 10.4. The van der Waals surface area contributed by atoms with Crippen molar-refractivity contribution in [3.63, 3.8) is 0 Å². The molecule has 0 spiro atoms. The van der Waals surface area contributed by atoms with Gasteiger partial charge in [0.2, 0.25) is 0 Å². The summed E-state index contributed by atoms with van der Waals surface area (Å²) in [5.74, 6) is 1.51. The fourth-order valence-electron chi connectivity index (χ4n) is 3.70. The van der Waals surface area contributed by atoms with Gasteiger partial charge in [-0.05, 0) is 60.0 Å². The number of benzene rings is 4. The van der Waals surface area contributed by atoms with Crippen LogP contribution in [0.15, 0.2) is 108 Å². The Morgan fingerprint density at radius 3 is 1.89 bits per heavy atom. The van der Waals surface area contributed by atoms with Crippen molar-refractivity contribution in [2.24, 2.45) is 16.5 Å². The second-order valence-corrected chi connectivity index (χ2v) is 8.77. The van der Waals surface area contributed by atoms with Gasteiger partial charge in [-0.15, -0.1) is 0 Å². The molecule has 4 rings (SSSR count). The van der Waals surface area contributed by atoms with Gasteiger partial charge < -0.3 is 26.4 Å². The van der Waals surface area contributed by atoms with Crippen LogP contribution in [0, 0.1) is 6.92 Å².